The van der Waals surface area contributed by atoms with Gasteiger partial charge in [0.15, 0.2) is 0 Å². The lowest BCUT2D eigenvalue weighted by Crippen LogP contribution is -2.65. The predicted octanol–water partition coefficient (Wildman–Crippen LogP) is 3.81. The predicted molar refractivity (Wildman–Crippen MR) is 129 cm³/mol. The fourth-order valence-corrected chi connectivity index (χ4v) is 6.89. The highest BCUT2D eigenvalue weighted by atomic mass is 16.7. The van der Waals surface area contributed by atoms with Gasteiger partial charge in [-0.1, -0.05) is 63.4 Å². The highest BCUT2D eigenvalue weighted by molar-refractivity contribution is 6.48. The topological polar surface area (TPSA) is 96.9 Å². The average molecular weight is 468 g/mol. The molecule has 1 aromatic rings. The first-order valence-corrected chi connectivity index (χ1v) is 12.8. The molecule has 0 spiro atoms. The van der Waals surface area contributed by atoms with E-state index in [1.165, 1.54) is 12.8 Å². The Hall–Kier alpha value is -2.06. The van der Waals surface area contributed by atoms with Crippen LogP contribution >= 0.6 is 0 Å². The average Bonchev–Trinajstić information content (AvgIpc) is 3.12. The third-order valence-corrected chi connectivity index (χ3v) is 9.33. The van der Waals surface area contributed by atoms with Crippen LogP contribution in [0.4, 0.5) is 4.79 Å². The molecule has 3 N–H and O–H groups in total. The van der Waals surface area contributed by atoms with E-state index in [0.29, 0.717) is 24.2 Å². The summed E-state index contributed by atoms with van der Waals surface area (Å²) in [7, 11) is -0.503. The van der Waals surface area contributed by atoms with Gasteiger partial charge in [-0.15, -0.1) is 0 Å². The second kappa shape index (κ2) is 8.87. The fraction of sp³-hybridized carbons (Fsp3) is 0.692. The number of carboxylic acid groups (broad SMARTS) is 1. The van der Waals surface area contributed by atoms with Gasteiger partial charge in [-0.2, -0.15) is 0 Å². The molecular weight excluding hydrogens is 431 g/mol. The number of benzene rings is 1. The molecule has 5 fully saturated rings. The Morgan fingerprint density at radius 2 is 1.88 bits per heavy atom. The van der Waals surface area contributed by atoms with Crippen LogP contribution in [0.25, 0.3) is 0 Å². The van der Waals surface area contributed by atoms with Crippen molar-refractivity contribution in [3.05, 3.63) is 35.9 Å². The van der Waals surface area contributed by atoms with Gasteiger partial charge in [0, 0.05) is 6.42 Å². The first kappa shape index (κ1) is 23.7. The molecule has 1 aromatic carbocycles. The molecule has 1 saturated heterocycles. The van der Waals surface area contributed by atoms with Crippen LogP contribution in [0.5, 0.6) is 0 Å². The summed E-state index contributed by atoms with van der Waals surface area (Å²) in [5.74, 6) is 1.03. The highest BCUT2D eigenvalue weighted by Crippen LogP contribution is 2.65. The van der Waals surface area contributed by atoms with Gasteiger partial charge in [-0.3, -0.25) is 4.79 Å². The van der Waals surface area contributed by atoms with Gasteiger partial charge in [-0.05, 0) is 54.9 Å². The SMILES string of the molecule is CC1(C)[C@@H]2C[C@H]3OB([C@H](CC4CCC4)NC(=O)[C@H](Cc4ccccc4)NC(=O)O)O[C@@]3(C)[C@H]1C2. The Labute approximate surface area is 202 Å². The second-order valence-corrected chi connectivity index (χ2v) is 11.7. The highest BCUT2D eigenvalue weighted by Gasteiger charge is 2.68. The summed E-state index contributed by atoms with van der Waals surface area (Å²) in [5.41, 5.74) is 0.817. The van der Waals surface area contributed by atoms with E-state index >= 15 is 0 Å². The van der Waals surface area contributed by atoms with Crippen LogP contribution in [-0.4, -0.2) is 47.9 Å². The number of hydrogen-bond donors (Lipinski definition) is 3. The normalized spacial score (nSPS) is 33.1. The molecule has 7 nitrogen and oxygen atoms in total. The first-order valence-electron chi connectivity index (χ1n) is 12.8. The summed E-state index contributed by atoms with van der Waals surface area (Å²) < 4.78 is 13.2. The number of carbonyl (C=O) groups is 2. The molecule has 4 saturated carbocycles. The van der Waals surface area contributed by atoms with Crippen LogP contribution in [0.2, 0.25) is 0 Å². The molecule has 1 heterocycles. The van der Waals surface area contributed by atoms with E-state index in [-0.39, 0.29) is 29.0 Å². The molecule has 8 heteroatoms. The fourth-order valence-electron chi connectivity index (χ4n) is 6.89. The second-order valence-electron chi connectivity index (χ2n) is 11.7. The van der Waals surface area contributed by atoms with Gasteiger partial charge in [0.1, 0.15) is 6.04 Å². The summed E-state index contributed by atoms with van der Waals surface area (Å²) in [6, 6.07) is 8.60. The van der Waals surface area contributed by atoms with E-state index in [1.807, 2.05) is 30.3 Å². The third-order valence-electron chi connectivity index (χ3n) is 9.33. The van der Waals surface area contributed by atoms with Crippen molar-refractivity contribution in [2.24, 2.45) is 23.2 Å². The molecule has 0 radical (unpaired) electrons. The van der Waals surface area contributed by atoms with Gasteiger partial charge in [0.25, 0.3) is 0 Å². The molecule has 0 unspecified atom stereocenters. The van der Waals surface area contributed by atoms with Crippen LogP contribution in [0.1, 0.15) is 64.9 Å². The zero-order chi connectivity index (χ0) is 24.1. The summed E-state index contributed by atoms with van der Waals surface area (Å²) in [6.45, 7) is 6.86. The van der Waals surface area contributed by atoms with Crippen LogP contribution < -0.4 is 10.6 Å². The summed E-state index contributed by atoms with van der Waals surface area (Å²) in [5, 5.41) is 14.9. The monoisotopic (exact) mass is 468 g/mol. The minimum Gasteiger partial charge on any atom is -0.465 e. The standard InChI is InChI=1S/C26H37BN2O5/c1-25(2)18-14-20(25)26(3)21(15-18)33-27(34-26)22(13-17-10-7-11-17)29-23(30)19(28-24(31)32)12-16-8-5-4-6-9-16/h4-6,8-9,17-22,28H,7,10-15H2,1-3H3,(H,29,30)(H,31,32)/t18-,19-,20-,21+,22-,26-/m0/s1. The van der Waals surface area contributed by atoms with Gasteiger partial charge >= 0.3 is 13.2 Å². The number of nitrogens with one attached hydrogen (secondary N) is 2. The van der Waals surface area contributed by atoms with E-state index in [1.54, 1.807) is 0 Å². The summed E-state index contributed by atoms with van der Waals surface area (Å²) in [6.07, 6.45) is 5.62. The van der Waals surface area contributed by atoms with Crippen molar-refractivity contribution in [2.45, 2.75) is 89.4 Å². The van der Waals surface area contributed by atoms with Crippen LogP contribution in [0.3, 0.4) is 0 Å². The van der Waals surface area contributed by atoms with Crippen molar-refractivity contribution in [1.82, 2.24) is 10.6 Å². The zero-order valence-corrected chi connectivity index (χ0v) is 20.5. The molecule has 6 atom stereocenters. The summed E-state index contributed by atoms with van der Waals surface area (Å²) >= 11 is 0. The van der Waals surface area contributed by atoms with Crippen molar-refractivity contribution < 1.29 is 24.0 Å². The molecule has 1 aliphatic heterocycles. The first-order chi connectivity index (χ1) is 16.2. The van der Waals surface area contributed by atoms with Crippen molar-refractivity contribution >= 4 is 19.1 Å². The maximum Gasteiger partial charge on any atom is 0.481 e. The molecule has 4 aliphatic carbocycles. The molecule has 184 valence electrons. The van der Waals surface area contributed by atoms with Crippen molar-refractivity contribution in [1.29, 1.82) is 0 Å². The van der Waals surface area contributed by atoms with E-state index < -0.39 is 19.3 Å². The van der Waals surface area contributed by atoms with Gasteiger partial charge in [-0.25, -0.2) is 4.79 Å². The minimum absolute atomic E-state index is 0.0485. The van der Waals surface area contributed by atoms with Crippen LogP contribution in [-0.2, 0) is 20.5 Å². The van der Waals surface area contributed by atoms with Crippen LogP contribution in [0, 0.1) is 23.2 Å². The molecule has 2 bridgehead atoms. The minimum atomic E-state index is -1.21. The maximum absolute atomic E-state index is 13.4. The van der Waals surface area contributed by atoms with Crippen molar-refractivity contribution in [3.8, 4) is 0 Å². The Morgan fingerprint density at radius 1 is 1.15 bits per heavy atom. The molecule has 34 heavy (non-hydrogen) atoms. The Morgan fingerprint density at radius 3 is 2.50 bits per heavy atom. The van der Waals surface area contributed by atoms with Crippen molar-refractivity contribution in [3.63, 3.8) is 0 Å². The number of carbonyl (C=O) groups excluding carboxylic acids is 1. The van der Waals surface area contributed by atoms with Gasteiger partial charge in [0.05, 0.1) is 17.6 Å². The summed E-state index contributed by atoms with van der Waals surface area (Å²) in [4.78, 5) is 24.8. The third kappa shape index (κ3) is 4.24. The van der Waals surface area contributed by atoms with Crippen molar-refractivity contribution in [2.75, 3.05) is 0 Å². The Balaban J connectivity index is 1.31. The maximum atomic E-state index is 13.4. The van der Waals surface area contributed by atoms with Crippen LogP contribution in [0.15, 0.2) is 30.3 Å². The number of rotatable bonds is 8. The lowest BCUT2D eigenvalue weighted by molar-refractivity contribution is -0.199. The van der Waals surface area contributed by atoms with E-state index in [9.17, 15) is 14.7 Å². The number of hydrogen-bond acceptors (Lipinski definition) is 4. The van der Waals surface area contributed by atoms with E-state index in [0.717, 1.165) is 31.2 Å². The smallest absolute Gasteiger partial charge is 0.465 e. The van der Waals surface area contributed by atoms with E-state index in [2.05, 4.69) is 31.4 Å². The Kier molecular flexibility index (Phi) is 6.17. The zero-order valence-electron chi connectivity index (χ0n) is 20.5. The quantitative estimate of drug-likeness (QED) is 0.505. The molecule has 2 amide bonds. The number of amides is 2. The molecule has 6 rings (SSSR count). The lowest BCUT2D eigenvalue weighted by Gasteiger charge is -2.64. The van der Waals surface area contributed by atoms with E-state index in [4.69, 9.17) is 9.31 Å². The van der Waals surface area contributed by atoms with Gasteiger partial charge in [0.2, 0.25) is 5.91 Å². The molecular formula is C26H37BN2O5. The lowest BCUT2D eigenvalue weighted by atomic mass is 9.43. The van der Waals surface area contributed by atoms with Gasteiger partial charge < -0.3 is 25.0 Å². The largest absolute Gasteiger partial charge is 0.481 e. The molecule has 5 aliphatic rings. The molecule has 0 aromatic heterocycles. The Bertz CT molecular complexity index is 923.